The molecule has 5 nitrogen and oxygen atoms in total. The second-order valence-corrected chi connectivity index (χ2v) is 8.11. The Morgan fingerprint density at radius 1 is 1.08 bits per heavy atom. The molecule has 1 heterocycles. The van der Waals surface area contributed by atoms with Crippen LogP contribution in [0.4, 0.5) is 0 Å². The van der Waals surface area contributed by atoms with E-state index in [-0.39, 0.29) is 29.1 Å². The Morgan fingerprint density at radius 3 is 2.52 bits per heavy atom. The maximum absolute atomic E-state index is 13.1. The van der Waals surface area contributed by atoms with Crippen LogP contribution in [0, 0.1) is 17.3 Å². The van der Waals surface area contributed by atoms with Gasteiger partial charge in [-0.3, -0.25) is 14.8 Å². The summed E-state index contributed by atoms with van der Waals surface area (Å²) in [5, 5.41) is 9.11. The minimum atomic E-state index is -0.386. The first kappa shape index (κ1) is 16.6. The molecular formula is C20H26N2O3. The van der Waals surface area contributed by atoms with Crippen molar-refractivity contribution in [1.29, 1.82) is 0 Å². The van der Waals surface area contributed by atoms with E-state index in [1.807, 2.05) is 23.1 Å². The molecule has 0 radical (unpaired) electrons. The molecule has 3 unspecified atom stereocenters. The summed E-state index contributed by atoms with van der Waals surface area (Å²) in [6, 6.07) is 10.3. The van der Waals surface area contributed by atoms with Gasteiger partial charge >= 0.3 is 0 Å². The zero-order valence-electron chi connectivity index (χ0n) is 14.5. The van der Waals surface area contributed by atoms with Gasteiger partial charge in [-0.2, -0.15) is 0 Å². The van der Waals surface area contributed by atoms with Crippen molar-refractivity contribution < 1.29 is 14.8 Å². The van der Waals surface area contributed by atoms with Gasteiger partial charge in [0.05, 0.1) is 5.92 Å². The van der Waals surface area contributed by atoms with E-state index in [1.165, 1.54) is 5.56 Å². The number of carbonyl (C=O) groups is 2. The van der Waals surface area contributed by atoms with Gasteiger partial charge in [-0.05, 0) is 49.5 Å². The maximum atomic E-state index is 13.1. The summed E-state index contributed by atoms with van der Waals surface area (Å²) in [4.78, 5) is 27.2. The highest BCUT2D eigenvalue weighted by atomic mass is 16.5. The van der Waals surface area contributed by atoms with Gasteiger partial charge in [0, 0.05) is 24.9 Å². The first-order chi connectivity index (χ1) is 12.1. The van der Waals surface area contributed by atoms with Crippen LogP contribution in [0.25, 0.3) is 0 Å². The summed E-state index contributed by atoms with van der Waals surface area (Å²) in [6.45, 7) is 1.49. The van der Waals surface area contributed by atoms with Crippen LogP contribution in [0.5, 0.6) is 0 Å². The van der Waals surface area contributed by atoms with Crippen molar-refractivity contribution in [3.8, 4) is 0 Å². The molecule has 3 fully saturated rings. The predicted octanol–water partition coefficient (Wildman–Crippen LogP) is 2.70. The Balaban J connectivity index is 1.45. The lowest BCUT2D eigenvalue weighted by Crippen LogP contribution is -2.46. The Hall–Kier alpha value is -1.88. The van der Waals surface area contributed by atoms with Crippen molar-refractivity contribution >= 4 is 11.8 Å². The van der Waals surface area contributed by atoms with Crippen LogP contribution in [0.3, 0.4) is 0 Å². The molecular weight excluding hydrogens is 316 g/mol. The minimum absolute atomic E-state index is 0.0996. The molecule has 2 aliphatic carbocycles. The van der Waals surface area contributed by atoms with E-state index in [2.05, 4.69) is 12.1 Å². The highest BCUT2D eigenvalue weighted by Crippen LogP contribution is 2.59. The lowest BCUT2D eigenvalue weighted by atomic mass is 9.71. The van der Waals surface area contributed by atoms with Crippen molar-refractivity contribution in [2.75, 3.05) is 13.1 Å². The highest BCUT2D eigenvalue weighted by Gasteiger charge is 2.52. The van der Waals surface area contributed by atoms with Crippen molar-refractivity contribution in [3.05, 3.63) is 35.9 Å². The number of likely N-dealkylation sites (tertiary alicyclic amines) is 1. The van der Waals surface area contributed by atoms with Gasteiger partial charge in [-0.25, -0.2) is 5.48 Å². The van der Waals surface area contributed by atoms with Crippen molar-refractivity contribution in [2.24, 2.45) is 17.3 Å². The van der Waals surface area contributed by atoms with E-state index < -0.39 is 0 Å². The number of nitrogens with zero attached hydrogens (tertiary/aromatic N) is 1. The second-order valence-electron chi connectivity index (χ2n) is 8.11. The fourth-order valence-electron chi connectivity index (χ4n) is 4.85. The predicted molar refractivity (Wildman–Crippen MR) is 92.8 cm³/mol. The standard InChI is InChI=1S/C20H26N2O3/c23-18(21-25)17-12-20(9-10-20)8-6-16(17)19(24)22-11-7-15(13-22)14-4-2-1-3-5-14/h1-5,15-17,25H,6-13H2,(H,21,23). The van der Waals surface area contributed by atoms with Gasteiger partial charge in [0.1, 0.15) is 0 Å². The fourth-order valence-corrected chi connectivity index (χ4v) is 4.85. The number of carbonyl (C=O) groups excluding carboxylic acids is 2. The molecule has 1 aromatic carbocycles. The molecule has 3 aliphatic rings. The number of hydrogen-bond acceptors (Lipinski definition) is 3. The third kappa shape index (κ3) is 3.17. The molecule has 134 valence electrons. The summed E-state index contributed by atoms with van der Waals surface area (Å²) in [7, 11) is 0. The molecule has 0 bridgehead atoms. The van der Waals surface area contributed by atoms with Gasteiger partial charge in [-0.15, -0.1) is 0 Å². The minimum Gasteiger partial charge on any atom is -0.342 e. The number of benzene rings is 1. The number of nitrogens with one attached hydrogen (secondary N) is 1. The molecule has 1 saturated heterocycles. The lowest BCUT2D eigenvalue weighted by molar-refractivity contribution is -0.147. The van der Waals surface area contributed by atoms with E-state index in [0.717, 1.165) is 51.6 Å². The number of rotatable bonds is 3. The van der Waals surface area contributed by atoms with Crippen LogP contribution in [0.2, 0.25) is 0 Å². The average molecular weight is 342 g/mol. The normalized spacial score (nSPS) is 30.3. The third-order valence-corrected chi connectivity index (χ3v) is 6.62. The molecule has 1 spiro atoms. The summed E-state index contributed by atoms with van der Waals surface area (Å²) in [6.07, 6.45) is 5.83. The summed E-state index contributed by atoms with van der Waals surface area (Å²) >= 11 is 0. The summed E-state index contributed by atoms with van der Waals surface area (Å²) in [5.41, 5.74) is 3.35. The molecule has 2 N–H and O–H groups in total. The molecule has 2 amide bonds. The van der Waals surface area contributed by atoms with Gasteiger partial charge in [0.15, 0.2) is 0 Å². The van der Waals surface area contributed by atoms with E-state index in [9.17, 15) is 9.59 Å². The van der Waals surface area contributed by atoms with E-state index in [4.69, 9.17) is 5.21 Å². The third-order valence-electron chi connectivity index (χ3n) is 6.62. The summed E-state index contributed by atoms with van der Waals surface area (Å²) in [5.74, 6) is -0.572. The van der Waals surface area contributed by atoms with Crippen molar-refractivity contribution in [3.63, 3.8) is 0 Å². The number of amides is 2. The first-order valence-electron chi connectivity index (χ1n) is 9.40. The molecule has 2 saturated carbocycles. The SMILES string of the molecule is O=C(NO)C1CC2(CCC1C(=O)N1CCC(c3ccccc3)C1)CC2. The van der Waals surface area contributed by atoms with Crippen LogP contribution in [0.1, 0.15) is 50.0 Å². The molecule has 0 aromatic heterocycles. The zero-order valence-corrected chi connectivity index (χ0v) is 14.5. The lowest BCUT2D eigenvalue weighted by Gasteiger charge is -2.36. The van der Waals surface area contributed by atoms with Crippen LogP contribution in [-0.2, 0) is 9.59 Å². The Bertz CT molecular complexity index is 656. The number of hydrogen-bond donors (Lipinski definition) is 2. The van der Waals surface area contributed by atoms with Crippen LogP contribution in [0.15, 0.2) is 30.3 Å². The van der Waals surface area contributed by atoms with Gasteiger partial charge < -0.3 is 4.90 Å². The van der Waals surface area contributed by atoms with Gasteiger partial charge in [-0.1, -0.05) is 30.3 Å². The largest absolute Gasteiger partial charge is 0.342 e. The molecule has 1 aromatic rings. The van der Waals surface area contributed by atoms with Crippen LogP contribution >= 0.6 is 0 Å². The van der Waals surface area contributed by atoms with Crippen LogP contribution < -0.4 is 5.48 Å². The molecule has 5 heteroatoms. The quantitative estimate of drug-likeness (QED) is 0.655. The first-order valence-corrected chi connectivity index (χ1v) is 9.40. The fraction of sp³-hybridized carbons (Fsp3) is 0.600. The smallest absolute Gasteiger partial charge is 0.247 e. The van der Waals surface area contributed by atoms with Gasteiger partial charge in [0.2, 0.25) is 11.8 Å². The maximum Gasteiger partial charge on any atom is 0.247 e. The monoisotopic (exact) mass is 342 g/mol. The Labute approximate surface area is 148 Å². The van der Waals surface area contributed by atoms with Crippen molar-refractivity contribution in [2.45, 2.75) is 44.4 Å². The number of hydroxylamine groups is 1. The Kier molecular flexibility index (Phi) is 4.28. The van der Waals surface area contributed by atoms with E-state index >= 15 is 0 Å². The highest BCUT2D eigenvalue weighted by molar-refractivity contribution is 5.87. The molecule has 3 atom stereocenters. The summed E-state index contributed by atoms with van der Waals surface area (Å²) < 4.78 is 0. The average Bonchev–Trinajstić information content (AvgIpc) is 3.22. The van der Waals surface area contributed by atoms with E-state index in [0.29, 0.717) is 5.92 Å². The van der Waals surface area contributed by atoms with E-state index in [1.54, 1.807) is 5.48 Å². The molecule has 4 rings (SSSR count). The molecule has 1 aliphatic heterocycles. The van der Waals surface area contributed by atoms with Crippen molar-refractivity contribution in [1.82, 2.24) is 10.4 Å². The van der Waals surface area contributed by atoms with Crippen LogP contribution in [-0.4, -0.2) is 35.0 Å². The van der Waals surface area contributed by atoms with Gasteiger partial charge in [0.25, 0.3) is 0 Å². The zero-order chi connectivity index (χ0) is 17.4. The second kappa shape index (κ2) is 6.45. The Morgan fingerprint density at radius 2 is 1.84 bits per heavy atom. The molecule has 25 heavy (non-hydrogen) atoms. The topological polar surface area (TPSA) is 69.6 Å².